The second kappa shape index (κ2) is 10.8. The molecule has 1 saturated carbocycles. The second-order valence-electron chi connectivity index (χ2n) is 9.96. The van der Waals surface area contributed by atoms with E-state index in [0.717, 1.165) is 49.2 Å². The molecule has 198 valence electrons. The van der Waals surface area contributed by atoms with Gasteiger partial charge in [0.2, 0.25) is 5.95 Å². The quantitative estimate of drug-likeness (QED) is 0.365. The minimum absolute atomic E-state index is 0.0368. The summed E-state index contributed by atoms with van der Waals surface area (Å²) in [5, 5.41) is 0. The Morgan fingerprint density at radius 3 is 2.71 bits per heavy atom. The Morgan fingerprint density at radius 1 is 1.21 bits per heavy atom. The van der Waals surface area contributed by atoms with Crippen molar-refractivity contribution < 1.29 is 0 Å². The molecule has 2 fully saturated rings. The summed E-state index contributed by atoms with van der Waals surface area (Å²) >= 11 is 0. The van der Waals surface area contributed by atoms with Crippen LogP contribution in [0.4, 0.5) is 11.6 Å². The van der Waals surface area contributed by atoms with Gasteiger partial charge in [-0.3, -0.25) is 28.5 Å². The minimum atomic E-state index is -0.410. The predicted octanol–water partition coefficient (Wildman–Crippen LogP) is 2.08. The van der Waals surface area contributed by atoms with Gasteiger partial charge in [0.15, 0.2) is 11.2 Å². The van der Waals surface area contributed by atoms with Crippen molar-refractivity contribution in [2.75, 3.05) is 24.5 Å². The number of rotatable bonds is 8. The normalized spacial score (nSPS) is 17.9. The highest BCUT2D eigenvalue weighted by Gasteiger charge is 2.30. The number of hydrogen-bond donors (Lipinski definition) is 1. The molecule has 5 rings (SSSR count). The maximum Gasteiger partial charge on any atom is 0.332 e. The van der Waals surface area contributed by atoms with Crippen LogP contribution < -0.4 is 21.9 Å². The number of imidazole rings is 1. The van der Waals surface area contributed by atoms with E-state index in [1.54, 1.807) is 14.0 Å². The topological polar surface area (TPSA) is 116 Å². The number of aromatic nitrogens is 4. The number of hydrogen-bond acceptors (Lipinski definition) is 7. The Bertz CT molecular complexity index is 1580. The number of aryl methyl sites for hydroxylation is 1. The molecule has 1 atom stereocenters. The fourth-order valence-corrected chi connectivity index (χ4v) is 5.19. The first-order chi connectivity index (χ1) is 18.4. The van der Waals surface area contributed by atoms with Crippen molar-refractivity contribution in [3.63, 3.8) is 0 Å². The monoisotopic (exact) mass is 514 g/mol. The molecule has 0 spiro atoms. The zero-order valence-electron chi connectivity index (χ0n) is 22.1. The van der Waals surface area contributed by atoms with E-state index >= 15 is 0 Å². The molecule has 10 heteroatoms. The number of benzene rings is 1. The number of anilines is 1. The smallest absolute Gasteiger partial charge is 0.332 e. The van der Waals surface area contributed by atoms with Crippen LogP contribution in [0.5, 0.6) is 0 Å². The van der Waals surface area contributed by atoms with Crippen molar-refractivity contribution >= 4 is 35.2 Å². The van der Waals surface area contributed by atoms with Crippen molar-refractivity contribution in [3.8, 4) is 11.8 Å². The Morgan fingerprint density at radius 2 is 2.00 bits per heavy atom. The number of para-hydroxylation sites is 1. The van der Waals surface area contributed by atoms with Gasteiger partial charge in [-0.2, -0.15) is 4.98 Å². The molecule has 0 unspecified atom stereocenters. The van der Waals surface area contributed by atoms with Crippen LogP contribution in [-0.2, 0) is 20.1 Å². The lowest BCUT2D eigenvalue weighted by Crippen LogP contribution is -2.44. The van der Waals surface area contributed by atoms with Gasteiger partial charge in [0.25, 0.3) is 5.56 Å². The predicted molar refractivity (Wildman–Crippen MR) is 152 cm³/mol. The third-order valence-electron chi connectivity index (χ3n) is 7.29. The maximum absolute atomic E-state index is 13.8. The highest BCUT2D eigenvalue weighted by atomic mass is 16.2. The summed E-state index contributed by atoms with van der Waals surface area (Å²) in [6.07, 6.45) is 4.03. The second-order valence-corrected chi connectivity index (χ2v) is 9.96. The average molecular weight is 515 g/mol. The van der Waals surface area contributed by atoms with Gasteiger partial charge in [0, 0.05) is 43.4 Å². The zero-order valence-corrected chi connectivity index (χ0v) is 22.1. The van der Waals surface area contributed by atoms with Crippen LogP contribution in [0.25, 0.3) is 11.2 Å². The highest BCUT2D eigenvalue weighted by molar-refractivity contribution is 6.07. The Kier molecular flexibility index (Phi) is 7.29. The summed E-state index contributed by atoms with van der Waals surface area (Å²) in [5.41, 5.74) is 8.89. The van der Waals surface area contributed by atoms with Gasteiger partial charge < -0.3 is 10.6 Å². The number of fused-ring (bicyclic) bond motifs is 1. The van der Waals surface area contributed by atoms with Gasteiger partial charge in [-0.15, -0.1) is 5.92 Å². The van der Waals surface area contributed by atoms with Gasteiger partial charge >= 0.3 is 5.69 Å². The van der Waals surface area contributed by atoms with Gasteiger partial charge in [-0.1, -0.05) is 24.1 Å². The molecule has 10 nitrogen and oxygen atoms in total. The van der Waals surface area contributed by atoms with Gasteiger partial charge in [0.05, 0.1) is 25.3 Å². The van der Waals surface area contributed by atoms with E-state index in [1.165, 1.54) is 9.13 Å². The lowest BCUT2D eigenvalue weighted by molar-refractivity contribution is 0.496. The summed E-state index contributed by atoms with van der Waals surface area (Å²) < 4.78 is 4.53. The summed E-state index contributed by atoms with van der Waals surface area (Å²) in [7, 11) is 1.65. The summed E-state index contributed by atoms with van der Waals surface area (Å²) in [4.78, 5) is 42.9. The van der Waals surface area contributed by atoms with Crippen molar-refractivity contribution in [1.29, 1.82) is 0 Å². The van der Waals surface area contributed by atoms with Gasteiger partial charge in [-0.25, -0.2) is 4.79 Å². The molecule has 0 radical (unpaired) electrons. The van der Waals surface area contributed by atoms with Crippen molar-refractivity contribution in [2.24, 2.45) is 28.7 Å². The molecule has 1 aliphatic carbocycles. The van der Waals surface area contributed by atoms with Gasteiger partial charge in [0.1, 0.15) is 0 Å². The molecule has 2 aliphatic rings. The van der Waals surface area contributed by atoms with Crippen LogP contribution in [0.3, 0.4) is 0 Å². The first kappa shape index (κ1) is 25.7. The molecule has 1 saturated heterocycles. The molecule has 1 aromatic carbocycles. The molecule has 0 bridgehead atoms. The average Bonchev–Trinajstić information content (AvgIpc) is 3.69. The van der Waals surface area contributed by atoms with Gasteiger partial charge in [-0.05, 0) is 45.4 Å². The third-order valence-corrected chi connectivity index (χ3v) is 7.29. The minimum Gasteiger partial charge on any atom is -0.341 e. The van der Waals surface area contributed by atoms with E-state index < -0.39 is 5.69 Å². The van der Waals surface area contributed by atoms with Crippen molar-refractivity contribution in [2.45, 2.75) is 51.7 Å². The van der Waals surface area contributed by atoms with Crippen LogP contribution in [0.15, 0.2) is 43.8 Å². The maximum atomic E-state index is 13.8. The Hall–Kier alpha value is -3.97. The number of piperidine rings is 1. The fourth-order valence-electron chi connectivity index (χ4n) is 5.19. The van der Waals surface area contributed by atoms with E-state index in [4.69, 9.17) is 15.7 Å². The van der Waals surface area contributed by atoms with Crippen molar-refractivity contribution in [1.82, 2.24) is 18.7 Å². The first-order valence-corrected chi connectivity index (χ1v) is 13.1. The Balaban J connectivity index is 1.54. The summed E-state index contributed by atoms with van der Waals surface area (Å²) in [6, 6.07) is 7.84. The van der Waals surface area contributed by atoms with Crippen LogP contribution in [-0.4, -0.2) is 56.8 Å². The van der Waals surface area contributed by atoms with E-state index in [9.17, 15) is 9.59 Å². The molecule has 0 amide bonds. The van der Waals surface area contributed by atoms with Crippen LogP contribution in [0.2, 0.25) is 0 Å². The number of nitrogens with zero attached hydrogens (tertiary/aromatic N) is 7. The van der Waals surface area contributed by atoms with E-state index in [0.29, 0.717) is 42.7 Å². The fraction of sp³-hybridized carbons (Fsp3) is 0.464. The van der Waals surface area contributed by atoms with E-state index in [2.05, 4.69) is 28.5 Å². The molecule has 3 aromatic rings. The standard InChI is InChI=1S/C28H34N8O2/c1-4-5-16-35-24-25(32-27(35)34-15-8-9-20(29)18-34)33(3)28(38)36(26(24)37)17-14-31-23(19-12-13-19)21-10-6-7-11-22(21)30-2/h6-7,10-11,19-20H,2,8-9,12-18,29H2,1,3H3/b31-23-/t20-/m1/s1. The first-order valence-electron chi connectivity index (χ1n) is 13.1. The molecular formula is C28H34N8O2. The van der Waals surface area contributed by atoms with Crippen LogP contribution in [0.1, 0.15) is 38.2 Å². The number of nitrogens with two attached hydrogens (primary N) is 1. The zero-order chi connectivity index (χ0) is 26.8. The number of aliphatic imine (C=N–C) groups is 2. The lowest BCUT2D eigenvalue weighted by atomic mass is 10.0. The SMILES string of the molecule is C=Nc1ccccc1/C(=N\CCn1c(=O)c2c(nc(N3CCC[C@@H](N)C3)n2CC#CC)n(C)c1=O)C1CC1. The molecule has 1 aliphatic heterocycles. The third kappa shape index (κ3) is 4.82. The molecule has 38 heavy (non-hydrogen) atoms. The van der Waals surface area contributed by atoms with Crippen LogP contribution >= 0.6 is 0 Å². The summed E-state index contributed by atoms with van der Waals surface area (Å²) in [5.74, 6) is 6.97. The highest BCUT2D eigenvalue weighted by Crippen LogP contribution is 2.36. The molecule has 3 heterocycles. The van der Waals surface area contributed by atoms with E-state index in [-0.39, 0.29) is 18.1 Å². The summed E-state index contributed by atoms with van der Waals surface area (Å²) in [6.45, 7) is 7.65. The molecule has 2 aromatic heterocycles. The Labute approximate surface area is 221 Å². The lowest BCUT2D eigenvalue weighted by Gasteiger charge is -2.31. The molecular weight excluding hydrogens is 480 g/mol. The molecule has 2 N–H and O–H groups in total. The van der Waals surface area contributed by atoms with E-state index in [1.807, 2.05) is 28.8 Å². The van der Waals surface area contributed by atoms with Crippen LogP contribution in [0, 0.1) is 17.8 Å². The largest absolute Gasteiger partial charge is 0.341 e. The van der Waals surface area contributed by atoms with Crippen molar-refractivity contribution in [3.05, 3.63) is 50.7 Å².